The van der Waals surface area contributed by atoms with Gasteiger partial charge in [-0.15, -0.1) is 0 Å². The van der Waals surface area contributed by atoms with Crippen molar-refractivity contribution in [3.05, 3.63) is 96.1 Å². The third-order valence-electron chi connectivity index (χ3n) is 5.56. The zero-order chi connectivity index (χ0) is 24.6. The first kappa shape index (κ1) is 22.3. The molecular weight excluding hydrogens is 457 g/mol. The van der Waals surface area contributed by atoms with Crippen LogP contribution >= 0.6 is 0 Å². The number of halogens is 3. The second kappa shape index (κ2) is 8.68. The second-order valence-electron chi connectivity index (χ2n) is 7.99. The Hall–Kier alpha value is -4.53. The van der Waals surface area contributed by atoms with Gasteiger partial charge in [0.15, 0.2) is 0 Å². The van der Waals surface area contributed by atoms with Crippen LogP contribution in [0.25, 0.3) is 22.3 Å². The van der Waals surface area contributed by atoms with Gasteiger partial charge >= 0.3 is 6.18 Å². The first-order chi connectivity index (χ1) is 16.8. The molecule has 0 spiro atoms. The minimum absolute atomic E-state index is 0.0628. The van der Waals surface area contributed by atoms with Crippen molar-refractivity contribution in [2.24, 2.45) is 0 Å². The van der Waals surface area contributed by atoms with Crippen molar-refractivity contribution >= 4 is 34.0 Å². The monoisotopic (exact) mass is 476 g/mol. The Morgan fingerprint density at radius 2 is 1.89 bits per heavy atom. The van der Waals surface area contributed by atoms with Gasteiger partial charge in [0, 0.05) is 34.1 Å². The summed E-state index contributed by atoms with van der Waals surface area (Å²) in [6.07, 6.45) is 0.462. The SMILES string of the molecule is Cc1ccc(C(=O)Nc2cccc(C(F)(F)F)c2)cc1Nc1cc(-c2ccoc2)nc2[nH]ccc12. The smallest absolute Gasteiger partial charge is 0.416 e. The van der Waals surface area contributed by atoms with Crippen LogP contribution in [-0.4, -0.2) is 15.9 Å². The lowest BCUT2D eigenvalue weighted by molar-refractivity contribution is -0.137. The quantitative estimate of drug-likeness (QED) is 0.252. The summed E-state index contributed by atoms with van der Waals surface area (Å²) in [5.74, 6) is -0.520. The fraction of sp³-hybridized carbons (Fsp3) is 0.0769. The van der Waals surface area contributed by atoms with Crippen LogP contribution in [0.2, 0.25) is 0 Å². The van der Waals surface area contributed by atoms with Gasteiger partial charge in [0.2, 0.25) is 0 Å². The van der Waals surface area contributed by atoms with Gasteiger partial charge in [-0.1, -0.05) is 12.1 Å². The number of furan rings is 1. The predicted molar refractivity (Wildman–Crippen MR) is 128 cm³/mol. The topological polar surface area (TPSA) is 82.9 Å². The van der Waals surface area contributed by atoms with Gasteiger partial charge in [0.05, 0.1) is 29.5 Å². The molecule has 9 heteroatoms. The van der Waals surface area contributed by atoms with Crippen LogP contribution < -0.4 is 10.6 Å². The maximum atomic E-state index is 13.0. The van der Waals surface area contributed by atoms with E-state index in [9.17, 15) is 18.0 Å². The van der Waals surface area contributed by atoms with Crippen LogP contribution in [-0.2, 0) is 6.18 Å². The number of carbonyl (C=O) groups excluding carboxylic acids is 1. The molecule has 0 aliphatic rings. The third-order valence-corrected chi connectivity index (χ3v) is 5.56. The van der Waals surface area contributed by atoms with E-state index in [-0.39, 0.29) is 5.69 Å². The van der Waals surface area contributed by atoms with E-state index in [1.807, 2.05) is 25.1 Å². The number of fused-ring (bicyclic) bond motifs is 1. The molecule has 0 radical (unpaired) electrons. The van der Waals surface area contributed by atoms with E-state index < -0.39 is 17.6 Å². The van der Waals surface area contributed by atoms with E-state index in [0.29, 0.717) is 22.6 Å². The third kappa shape index (κ3) is 4.61. The summed E-state index contributed by atoms with van der Waals surface area (Å²) >= 11 is 0. The van der Waals surface area contributed by atoms with Gasteiger partial charge in [-0.3, -0.25) is 4.79 Å². The first-order valence-electron chi connectivity index (χ1n) is 10.6. The molecule has 0 saturated heterocycles. The van der Waals surface area contributed by atoms with Gasteiger partial charge in [0.25, 0.3) is 5.91 Å². The fourth-order valence-electron chi connectivity index (χ4n) is 3.72. The lowest BCUT2D eigenvalue weighted by Gasteiger charge is -2.14. The summed E-state index contributed by atoms with van der Waals surface area (Å²) in [5.41, 5.74) is 4.05. The normalized spacial score (nSPS) is 11.5. The van der Waals surface area contributed by atoms with Crippen molar-refractivity contribution in [2.75, 3.05) is 10.6 Å². The number of anilines is 3. The molecule has 5 aromatic rings. The Balaban J connectivity index is 1.44. The average molecular weight is 476 g/mol. The zero-order valence-electron chi connectivity index (χ0n) is 18.4. The van der Waals surface area contributed by atoms with Crippen LogP contribution in [0.15, 0.2) is 83.8 Å². The number of hydrogen-bond acceptors (Lipinski definition) is 4. The number of H-pyrrole nitrogens is 1. The number of nitrogens with zero attached hydrogens (tertiary/aromatic N) is 1. The number of amides is 1. The summed E-state index contributed by atoms with van der Waals surface area (Å²) in [7, 11) is 0. The Morgan fingerprint density at radius 1 is 1.03 bits per heavy atom. The molecule has 3 heterocycles. The molecule has 0 unspecified atom stereocenters. The molecule has 2 aromatic carbocycles. The number of hydrogen-bond donors (Lipinski definition) is 3. The van der Waals surface area contributed by atoms with Crippen LogP contribution in [0.4, 0.5) is 30.2 Å². The summed E-state index contributed by atoms with van der Waals surface area (Å²) in [6, 6.07) is 15.2. The Kier molecular flexibility index (Phi) is 5.52. The number of benzene rings is 2. The number of nitrogens with one attached hydrogen (secondary N) is 3. The van der Waals surface area contributed by atoms with Crippen LogP contribution in [0.1, 0.15) is 21.5 Å². The Morgan fingerprint density at radius 3 is 2.66 bits per heavy atom. The van der Waals surface area contributed by atoms with E-state index in [1.165, 1.54) is 12.1 Å². The number of aromatic amines is 1. The largest absolute Gasteiger partial charge is 0.472 e. The van der Waals surface area contributed by atoms with E-state index in [1.54, 1.807) is 36.9 Å². The molecule has 0 bridgehead atoms. The number of carbonyl (C=O) groups is 1. The van der Waals surface area contributed by atoms with E-state index >= 15 is 0 Å². The summed E-state index contributed by atoms with van der Waals surface area (Å²) in [4.78, 5) is 20.6. The molecular formula is C26H19F3N4O2. The van der Waals surface area contributed by atoms with Crippen LogP contribution in [0.3, 0.4) is 0 Å². The molecule has 6 nitrogen and oxygen atoms in total. The molecule has 0 aliphatic heterocycles. The van der Waals surface area contributed by atoms with Gasteiger partial charge in [-0.05, 0) is 61.0 Å². The summed E-state index contributed by atoms with van der Waals surface area (Å²) in [5, 5.41) is 6.77. The van der Waals surface area contributed by atoms with Gasteiger partial charge in [-0.2, -0.15) is 13.2 Å². The highest BCUT2D eigenvalue weighted by atomic mass is 19.4. The number of pyridine rings is 1. The number of aryl methyl sites for hydroxylation is 1. The van der Waals surface area contributed by atoms with E-state index in [0.717, 1.165) is 34.3 Å². The molecule has 35 heavy (non-hydrogen) atoms. The number of rotatable bonds is 5. The molecule has 5 rings (SSSR count). The van der Waals surface area contributed by atoms with E-state index in [4.69, 9.17) is 4.42 Å². The second-order valence-corrected chi connectivity index (χ2v) is 7.99. The van der Waals surface area contributed by atoms with Gasteiger partial charge in [-0.25, -0.2) is 4.98 Å². The fourth-order valence-corrected chi connectivity index (χ4v) is 3.72. The van der Waals surface area contributed by atoms with E-state index in [2.05, 4.69) is 20.6 Å². The van der Waals surface area contributed by atoms with Gasteiger partial charge < -0.3 is 20.0 Å². The van der Waals surface area contributed by atoms with Crippen LogP contribution in [0, 0.1) is 6.92 Å². The highest BCUT2D eigenvalue weighted by Gasteiger charge is 2.30. The summed E-state index contributed by atoms with van der Waals surface area (Å²) < 4.78 is 44.2. The number of alkyl halides is 3. The molecule has 0 fully saturated rings. The minimum atomic E-state index is -4.49. The van der Waals surface area contributed by atoms with Crippen molar-refractivity contribution in [3.63, 3.8) is 0 Å². The molecule has 0 aliphatic carbocycles. The summed E-state index contributed by atoms with van der Waals surface area (Å²) in [6.45, 7) is 1.89. The lowest BCUT2D eigenvalue weighted by atomic mass is 10.1. The molecule has 1 amide bonds. The molecule has 3 N–H and O–H groups in total. The van der Waals surface area contributed by atoms with Crippen molar-refractivity contribution in [1.82, 2.24) is 9.97 Å². The lowest BCUT2D eigenvalue weighted by Crippen LogP contribution is -2.13. The predicted octanol–water partition coefficient (Wildman–Crippen LogP) is 7.15. The zero-order valence-corrected chi connectivity index (χ0v) is 18.4. The first-order valence-corrected chi connectivity index (χ1v) is 10.6. The molecule has 176 valence electrons. The van der Waals surface area contributed by atoms with Crippen LogP contribution in [0.5, 0.6) is 0 Å². The molecule has 3 aromatic heterocycles. The Bertz CT molecular complexity index is 1520. The van der Waals surface area contributed by atoms with Crippen molar-refractivity contribution in [1.29, 1.82) is 0 Å². The van der Waals surface area contributed by atoms with Gasteiger partial charge in [0.1, 0.15) is 5.65 Å². The standard InChI is InChI=1S/C26H19F3N4O2/c1-15-5-6-16(25(34)31-19-4-2-3-18(12-19)26(27,28)29)11-21(15)32-23-13-22(17-8-10-35-14-17)33-24-20(23)7-9-30-24/h2-14H,1H3,(H,31,34)(H2,30,32,33). The van der Waals surface area contributed by atoms with Crippen molar-refractivity contribution in [2.45, 2.75) is 13.1 Å². The average Bonchev–Trinajstić information content (AvgIpc) is 3.52. The highest BCUT2D eigenvalue weighted by molar-refractivity contribution is 6.05. The molecule has 0 saturated carbocycles. The minimum Gasteiger partial charge on any atom is -0.472 e. The number of aromatic nitrogens is 2. The van der Waals surface area contributed by atoms with Crippen molar-refractivity contribution in [3.8, 4) is 11.3 Å². The highest BCUT2D eigenvalue weighted by Crippen LogP contribution is 2.33. The maximum absolute atomic E-state index is 13.0. The molecule has 0 atom stereocenters. The maximum Gasteiger partial charge on any atom is 0.416 e. The Labute approximate surface area is 197 Å². The van der Waals surface area contributed by atoms with Crippen molar-refractivity contribution < 1.29 is 22.4 Å².